The standard InChI is InChI=1S/C39H51ClN4O7S/c1-25-8-7-10-34(49-3)32-15-12-29(32)23-44-22-28-11-14-30(40)18-26(28)9-5-6-17-51-35-16-13-27(19-33(35)44)36(45)42-52(48,24-25)43-38(47)41-31-20-39(2,21-31)37(46)50-4/h7,10-11,13-14,16,18-19,25,29,31-32,34H,5-6,8-9,12,15,17,20-24H2,1-4H3,(H2,41,42,43,45,47,48)/b10-7+/t25-,29-,31?,32+,34-,39?,52?/m0/s1. The lowest BCUT2D eigenvalue weighted by molar-refractivity contribution is -0.158. The SMILES string of the molecule is COC(=O)C1(C)CC(NC(=O)NS2(=O)=NC(=O)c3ccc4c(c3)N(Cc3ccc(Cl)cc3CCCCO4)C[C@@H]3CC[C@H]3[C@@H](OC)/C=C/C[C@H](C)C2)C1. The molecule has 2 aromatic carbocycles. The van der Waals surface area contributed by atoms with E-state index in [0.717, 1.165) is 49.9 Å². The highest BCUT2D eigenvalue weighted by atomic mass is 35.5. The number of esters is 1. The first kappa shape index (κ1) is 38.1. The number of ether oxygens (including phenoxy) is 3. The Bertz CT molecular complexity index is 1820. The Kier molecular flexibility index (Phi) is 11.9. The van der Waals surface area contributed by atoms with Gasteiger partial charge >= 0.3 is 12.0 Å². The van der Waals surface area contributed by atoms with Crippen LogP contribution in [0.3, 0.4) is 0 Å². The summed E-state index contributed by atoms with van der Waals surface area (Å²) in [7, 11) is -0.499. The number of amides is 3. The fraction of sp³-hybridized carbons (Fsp3) is 0.564. The van der Waals surface area contributed by atoms with E-state index in [1.807, 2.05) is 25.1 Å². The number of hydrogen-bond donors (Lipinski definition) is 2. The van der Waals surface area contributed by atoms with Crippen LogP contribution >= 0.6 is 11.6 Å². The third kappa shape index (κ3) is 8.77. The van der Waals surface area contributed by atoms with Crippen molar-refractivity contribution in [2.45, 2.75) is 83.9 Å². The van der Waals surface area contributed by atoms with Crippen molar-refractivity contribution < 1.29 is 32.8 Å². The van der Waals surface area contributed by atoms with Crippen molar-refractivity contribution in [1.82, 2.24) is 10.0 Å². The van der Waals surface area contributed by atoms with E-state index in [1.54, 1.807) is 32.2 Å². The summed E-state index contributed by atoms with van der Waals surface area (Å²) in [6.45, 7) is 5.53. The average Bonchev–Trinajstić information content (AvgIpc) is 3.10. The van der Waals surface area contributed by atoms with Crippen molar-refractivity contribution >= 4 is 45.1 Å². The molecule has 2 aliphatic heterocycles. The lowest BCUT2D eigenvalue weighted by atomic mass is 9.67. The van der Waals surface area contributed by atoms with Crippen molar-refractivity contribution in [2.24, 2.45) is 27.5 Å². The van der Waals surface area contributed by atoms with Gasteiger partial charge in [0.25, 0.3) is 5.91 Å². The summed E-state index contributed by atoms with van der Waals surface area (Å²) in [6, 6.07) is 10.3. The summed E-state index contributed by atoms with van der Waals surface area (Å²) < 4.78 is 38.6. The summed E-state index contributed by atoms with van der Waals surface area (Å²) in [6.07, 6.45) is 10.2. The summed E-state index contributed by atoms with van der Waals surface area (Å²) in [4.78, 5) is 41.7. The molecule has 0 spiro atoms. The van der Waals surface area contributed by atoms with E-state index < -0.39 is 27.3 Å². The number of hydrogen-bond acceptors (Lipinski definition) is 8. The smallest absolute Gasteiger partial charge is 0.327 e. The molecule has 2 bridgehead atoms. The van der Waals surface area contributed by atoms with Crippen LogP contribution in [-0.4, -0.2) is 67.4 Å². The van der Waals surface area contributed by atoms with Crippen LogP contribution in [0.1, 0.15) is 80.3 Å². The molecule has 2 fully saturated rings. The second kappa shape index (κ2) is 16.2. The molecular formula is C39H51ClN4O7S. The molecule has 11 nitrogen and oxygen atoms in total. The molecule has 0 saturated heterocycles. The number of aryl methyl sites for hydroxylation is 1. The third-order valence-electron chi connectivity index (χ3n) is 11.1. The monoisotopic (exact) mass is 754 g/mol. The number of carbonyl (C=O) groups is 3. The van der Waals surface area contributed by atoms with Crippen LogP contribution in [-0.2, 0) is 37.1 Å². The number of anilines is 1. The number of nitrogens with zero attached hydrogens (tertiary/aromatic N) is 2. The molecular weight excluding hydrogens is 704 g/mol. The normalized spacial score (nSPS) is 31.4. The molecule has 13 heteroatoms. The van der Waals surface area contributed by atoms with Gasteiger partial charge in [0.05, 0.1) is 36.7 Å². The Hall–Kier alpha value is -3.61. The zero-order valence-electron chi connectivity index (χ0n) is 30.5. The van der Waals surface area contributed by atoms with E-state index in [4.69, 9.17) is 25.8 Å². The van der Waals surface area contributed by atoms with E-state index in [0.29, 0.717) is 55.0 Å². The van der Waals surface area contributed by atoms with E-state index >= 15 is 0 Å². The zero-order valence-corrected chi connectivity index (χ0v) is 32.1. The predicted octanol–water partition coefficient (Wildman–Crippen LogP) is 6.86. The fourth-order valence-corrected chi connectivity index (χ4v) is 10.1. The van der Waals surface area contributed by atoms with Gasteiger partial charge < -0.3 is 24.4 Å². The molecule has 6 rings (SSSR count). The third-order valence-corrected chi connectivity index (χ3v) is 13.3. The maximum absolute atomic E-state index is 14.5. The summed E-state index contributed by atoms with van der Waals surface area (Å²) in [5.41, 5.74) is 2.68. The van der Waals surface area contributed by atoms with Crippen molar-refractivity contribution in [2.75, 3.05) is 38.0 Å². The Labute approximate surface area is 312 Å². The van der Waals surface area contributed by atoms with Gasteiger partial charge in [-0.1, -0.05) is 36.7 Å². The predicted molar refractivity (Wildman–Crippen MR) is 202 cm³/mol. The lowest BCUT2D eigenvalue weighted by Gasteiger charge is -2.43. The molecule has 2 aliphatic carbocycles. The number of fused-ring (bicyclic) bond motifs is 3. The van der Waals surface area contributed by atoms with Gasteiger partial charge in [-0.2, -0.15) is 0 Å². The first-order valence-corrected chi connectivity index (χ1v) is 20.4. The van der Waals surface area contributed by atoms with Crippen LogP contribution in [0.25, 0.3) is 0 Å². The molecule has 0 radical (unpaired) electrons. The molecule has 2 aromatic rings. The number of methoxy groups -OCH3 is 2. The molecule has 282 valence electrons. The van der Waals surface area contributed by atoms with E-state index in [2.05, 4.69) is 31.4 Å². The highest BCUT2D eigenvalue weighted by molar-refractivity contribution is 7.92. The molecule has 2 N–H and O–H groups in total. The van der Waals surface area contributed by atoms with Crippen LogP contribution in [0.15, 0.2) is 52.9 Å². The summed E-state index contributed by atoms with van der Waals surface area (Å²) >= 11 is 6.46. The number of urea groups is 1. The van der Waals surface area contributed by atoms with Crippen LogP contribution in [0.5, 0.6) is 5.75 Å². The Morgan fingerprint density at radius 3 is 2.63 bits per heavy atom. The summed E-state index contributed by atoms with van der Waals surface area (Å²) in [5.74, 6) is 0.0757. The lowest BCUT2D eigenvalue weighted by Crippen LogP contribution is -2.56. The van der Waals surface area contributed by atoms with Gasteiger partial charge in [0.2, 0.25) is 0 Å². The molecule has 2 heterocycles. The number of carbonyl (C=O) groups excluding carboxylic acids is 3. The van der Waals surface area contributed by atoms with Crippen molar-refractivity contribution in [3.8, 4) is 5.75 Å². The number of nitrogens with one attached hydrogen (secondary N) is 2. The molecule has 0 aromatic heterocycles. The first-order valence-electron chi connectivity index (χ1n) is 18.3. The summed E-state index contributed by atoms with van der Waals surface area (Å²) in [5, 5.41) is 3.51. The van der Waals surface area contributed by atoms with Gasteiger partial charge in [0.1, 0.15) is 15.7 Å². The number of benzene rings is 2. The molecule has 3 amide bonds. The van der Waals surface area contributed by atoms with Crippen LogP contribution < -0.4 is 19.7 Å². The highest BCUT2D eigenvalue weighted by Gasteiger charge is 2.48. The van der Waals surface area contributed by atoms with E-state index in [1.165, 1.54) is 12.7 Å². The maximum Gasteiger partial charge on any atom is 0.327 e. The van der Waals surface area contributed by atoms with Gasteiger partial charge in [-0.15, -0.1) is 4.36 Å². The van der Waals surface area contributed by atoms with Gasteiger partial charge in [0.15, 0.2) is 0 Å². The molecule has 52 heavy (non-hydrogen) atoms. The topological polar surface area (TPSA) is 136 Å². The second-order valence-electron chi connectivity index (χ2n) is 15.2. The Balaban J connectivity index is 1.36. The second-order valence-corrected chi connectivity index (χ2v) is 17.6. The van der Waals surface area contributed by atoms with Crippen LogP contribution in [0, 0.1) is 23.2 Å². The minimum Gasteiger partial charge on any atom is -0.491 e. The van der Waals surface area contributed by atoms with Gasteiger partial charge in [-0.05, 0) is 118 Å². The molecule has 1 unspecified atom stereocenters. The van der Waals surface area contributed by atoms with Crippen LogP contribution in [0.4, 0.5) is 10.5 Å². The average molecular weight is 755 g/mol. The molecule has 4 aliphatic rings. The van der Waals surface area contributed by atoms with Gasteiger partial charge in [0, 0.05) is 36.8 Å². The van der Waals surface area contributed by atoms with E-state index in [-0.39, 0.29) is 35.3 Å². The minimum absolute atomic E-state index is 0.0374. The first-order chi connectivity index (χ1) is 24.9. The van der Waals surface area contributed by atoms with Crippen molar-refractivity contribution in [3.63, 3.8) is 0 Å². The van der Waals surface area contributed by atoms with E-state index in [9.17, 15) is 18.6 Å². The maximum atomic E-state index is 14.5. The van der Waals surface area contributed by atoms with Crippen LogP contribution in [0.2, 0.25) is 5.02 Å². The van der Waals surface area contributed by atoms with Crippen molar-refractivity contribution in [3.05, 3.63) is 70.3 Å². The Morgan fingerprint density at radius 1 is 1.10 bits per heavy atom. The quantitative estimate of drug-likeness (QED) is 0.255. The Morgan fingerprint density at radius 2 is 1.90 bits per heavy atom. The molecule has 2 saturated carbocycles. The van der Waals surface area contributed by atoms with Crippen molar-refractivity contribution in [1.29, 1.82) is 0 Å². The fourth-order valence-electron chi connectivity index (χ4n) is 8.08. The number of allylic oxidation sites excluding steroid dienone is 1. The minimum atomic E-state index is -3.58. The zero-order chi connectivity index (χ0) is 37.0. The molecule has 5 atom stereocenters. The number of rotatable bonds is 4. The number of halogens is 1. The largest absolute Gasteiger partial charge is 0.491 e. The van der Waals surface area contributed by atoms with Gasteiger partial charge in [-0.3, -0.25) is 14.3 Å². The highest BCUT2D eigenvalue weighted by Crippen LogP contribution is 2.43. The van der Waals surface area contributed by atoms with Gasteiger partial charge in [-0.25, -0.2) is 9.00 Å².